The third-order valence-corrected chi connectivity index (χ3v) is 6.28. The van der Waals surface area contributed by atoms with Crippen LogP contribution < -0.4 is 10.2 Å². The van der Waals surface area contributed by atoms with Crippen molar-refractivity contribution >= 4 is 23.0 Å². The van der Waals surface area contributed by atoms with Crippen molar-refractivity contribution in [1.29, 1.82) is 0 Å². The number of ether oxygens (including phenoxy) is 1. The summed E-state index contributed by atoms with van der Waals surface area (Å²) < 4.78 is 8.24. The van der Waals surface area contributed by atoms with Crippen molar-refractivity contribution in [2.45, 2.75) is 44.5 Å². The van der Waals surface area contributed by atoms with Crippen LogP contribution in [0.1, 0.15) is 41.9 Å². The molecule has 0 unspecified atom stereocenters. The molecule has 2 aromatic heterocycles. The fourth-order valence-corrected chi connectivity index (χ4v) is 4.93. The number of hydrogen-bond donors (Lipinski definition) is 1. The van der Waals surface area contributed by atoms with Gasteiger partial charge in [-0.1, -0.05) is 18.2 Å². The Morgan fingerprint density at radius 1 is 1.17 bits per heavy atom. The number of anilines is 1. The van der Waals surface area contributed by atoms with Gasteiger partial charge in [0.1, 0.15) is 6.04 Å². The molecule has 2 fully saturated rings. The van der Waals surface area contributed by atoms with Crippen LogP contribution in [0, 0.1) is 6.92 Å². The number of nitrogens with zero attached hydrogens (tertiary/aromatic N) is 3. The zero-order valence-electron chi connectivity index (χ0n) is 17.1. The molecule has 0 bridgehead atoms. The van der Waals surface area contributed by atoms with Crippen LogP contribution in [0.3, 0.4) is 0 Å². The predicted molar refractivity (Wildman–Crippen MR) is 123 cm³/mol. The minimum atomic E-state index is -0.0302. The van der Waals surface area contributed by atoms with Crippen molar-refractivity contribution in [2.75, 3.05) is 11.5 Å². The number of aryl methyl sites for hydroxylation is 1. The highest BCUT2D eigenvalue weighted by molar-refractivity contribution is 7.80. The molecule has 0 aliphatic carbocycles. The summed E-state index contributed by atoms with van der Waals surface area (Å²) >= 11 is 5.83. The number of nitrogens with one attached hydrogen (secondary N) is 1. The first-order valence-electron chi connectivity index (χ1n) is 10.5. The summed E-state index contributed by atoms with van der Waals surface area (Å²) in [5, 5.41) is 4.28. The molecular formula is C24H26N4OS. The van der Waals surface area contributed by atoms with Crippen LogP contribution in [-0.4, -0.2) is 27.4 Å². The second-order valence-corrected chi connectivity index (χ2v) is 8.44. The summed E-state index contributed by atoms with van der Waals surface area (Å²) in [6.45, 7) is 3.84. The van der Waals surface area contributed by atoms with Crippen LogP contribution in [-0.2, 0) is 11.3 Å². The molecule has 0 amide bonds. The Morgan fingerprint density at radius 3 is 2.87 bits per heavy atom. The Bertz CT molecular complexity index is 1030. The molecule has 3 atom stereocenters. The summed E-state index contributed by atoms with van der Waals surface area (Å²) in [5.74, 6) is 0. The van der Waals surface area contributed by atoms with Crippen molar-refractivity contribution in [3.63, 3.8) is 0 Å². The van der Waals surface area contributed by atoms with Crippen LogP contribution in [0.2, 0.25) is 0 Å². The smallest absolute Gasteiger partial charge is 0.174 e. The maximum Gasteiger partial charge on any atom is 0.174 e. The molecule has 154 valence electrons. The third kappa shape index (κ3) is 3.61. The molecule has 6 heteroatoms. The Kier molecular flexibility index (Phi) is 5.27. The van der Waals surface area contributed by atoms with E-state index in [1.807, 2.05) is 18.3 Å². The number of rotatable bonds is 5. The Labute approximate surface area is 182 Å². The normalized spacial score (nSPS) is 23.7. The Balaban J connectivity index is 1.58. The van der Waals surface area contributed by atoms with Crippen LogP contribution in [0.25, 0.3) is 0 Å². The van der Waals surface area contributed by atoms with Gasteiger partial charge in [0.05, 0.1) is 17.8 Å². The van der Waals surface area contributed by atoms with Gasteiger partial charge in [0.25, 0.3) is 0 Å². The van der Waals surface area contributed by atoms with Crippen molar-refractivity contribution in [2.24, 2.45) is 0 Å². The van der Waals surface area contributed by atoms with E-state index >= 15 is 0 Å². The first-order valence-corrected chi connectivity index (χ1v) is 11.0. The van der Waals surface area contributed by atoms with E-state index in [0.29, 0.717) is 0 Å². The maximum atomic E-state index is 5.92. The number of benzene rings is 1. The molecule has 1 N–H and O–H groups in total. The van der Waals surface area contributed by atoms with Gasteiger partial charge >= 0.3 is 0 Å². The molecule has 0 saturated carbocycles. The topological polar surface area (TPSA) is 42.3 Å². The molecule has 0 spiro atoms. The molecule has 1 aromatic carbocycles. The van der Waals surface area contributed by atoms with Gasteiger partial charge in [-0.05, 0) is 73.9 Å². The van der Waals surface area contributed by atoms with E-state index in [0.717, 1.165) is 42.5 Å². The number of aromatic nitrogens is 2. The predicted octanol–water partition coefficient (Wildman–Crippen LogP) is 4.55. The summed E-state index contributed by atoms with van der Waals surface area (Å²) in [4.78, 5) is 6.89. The lowest BCUT2D eigenvalue weighted by Crippen LogP contribution is -2.31. The molecule has 0 radical (unpaired) electrons. The first kappa shape index (κ1) is 19.3. The standard InChI is InChI=1S/C24H26N4OS/c1-17-7-4-8-18(15-17)28-23(22(26-24(28)30)20-10-2-3-12-25-20)21-11-5-13-27(21)16-19-9-6-14-29-19/h2-5,7-8,10-13,15,19,22-23H,6,9,14,16H2,1H3,(H,26,30)/t19-,22-,23+/m0/s1. The molecule has 2 aliphatic heterocycles. The molecular weight excluding hydrogens is 392 g/mol. The lowest BCUT2D eigenvalue weighted by Gasteiger charge is -2.29. The second kappa shape index (κ2) is 8.20. The lowest BCUT2D eigenvalue weighted by atomic mass is 10.0. The average Bonchev–Trinajstić information content (AvgIpc) is 3.49. The van der Waals surface area contributed by atoms with Gasteiger partial charge in [-0.15, -0.1) is 0 Å². The van der Waals surface area contributed by atoms with E-state index in [1.165, 1.54) is 11.3 Å². The van der Waals surface area contributed by atoms with Crippen LogP contribution in [0.15, 0.2) is 67.0 Å². The first-order chi connectivity index (χ1) is 14.7. The van der Waals surface area contributed by atoms with Crippen LogP contribution >= 0.6 is 12.2 Å². The zero-order valence-corrected chi connectivity index (χ0v) is 17.9. The van der Waals surface area contributed by atoms with Gasteiger partial charge < -0.3 is 19.5 Å². The average molecular weight is 419 g/mol. The molecule has 5 nitrogen and oxygen atoms in total. The fraction of sp³-hybridized carbons (Fsp3) is 0.333. The van der Waals surface area contributed by atoms with Gasteiger partial charge in [0.15, 0.2) is 5.11 Å². The summed E-state index contributed by atoms with van der Waals surface area (Å²) in [7, 11) is 0. The van der Waals surface area contributed by atoms with Crippen LogP contribution in [0.5, 0.6) is 0 Å². The quantitative estimate of drug-likeness (QED) is 0.616. The number of thiocarbonyl (C=S) groups is 1. The van der Waals surface area contributed by atoms with Gasteiger partial charge in [0, 0.05) is 36.9 Å². The van der Waals surface area contributed by atoms with E-state index in [-0.39, 0.29) is 18.2 Å². The highest BCUT2D eigenvalue weighted by atomic mass is 32.1. The minimum Gasteiger partial charge on any atom is -0.376 e. The van der Waals surface area contributed by atoms with Gasteiger partial charge in [-0.3, -0.25) is 4.98 Å². The molecule has 5 rings (SSSR count). The van der Waals surface area contributed by atoms with Crippen molar-refractivity contribution in [3.8, 4) is 0 Å². The third-order valence-electron chi connectivity index (χ3n) is 5.97. The van der Waals surface area contributed by atoms with Crippen molar-refractivity contribution in [1.82, 2.24) is 14.9 Å². The van der Waals surface area contributed by atoms with E-state index in [2.05, 4.69) is 75.4 Å². The van der Waals surface area contributed by atoms with E-state index in [9.17, 15) is 0 Å². The Hall–Kier alpha value is -2.70. The summed E-state index contributed by atoms with van der Waals surface area (Å²) in [6.07, 6.45) is 6.53. The van der Waals surface area contributed by atoms with E-state index < -0.39 is 0 Å². The monoisotopic (exact) mass is 418 g/mol. The largest absolute Gasteiger partial charge is 0.376 e. The molecule has 2 aliphatic rings. The number of hydrogen-bond acceptors (Lipinski definition) is 3. The lowest BCUT2D eigenvalue weighted by molar-refractivity contribution is 0.0961. The highest BCUT2D eigenvalue weighted by Gasteiger charge is 2.42. The molecule has 30 heavy (non-hydrogen) atoms. The molecule has 3 aromatic rings. The molecule has 2 saturated heterocycles. The maximum absolute atomic E-state index is 5.92. The Morgan fingerprint density at radius 2 is 2.10 bits per heavy atom. The van der Waals surface area contributed by atoms with Crippen molar-refractivity contribution < 1.29 is 4.74 Å². The van der Waals surface area contributed by atoms with Gasteiger partial charge in [-0.25, -0.2) is 0 Å². The summed E-state index contributed by atoms with van der Waals surface area (Å²) in [5.41, 5.74) is 4.52. The zero-order chi connectivity index (χ0) is 20.5. The second-order valence-electron chi connectivity index (χ2n) is 8.06. The summed E-state index contributed by atoms with van der Waals surface area (Å²) in [6, 6.07) is 18.9. The van der Waals surface area contributed by atoms with E-state index in [4.69, 9.17) is 17.0 Å². The fourth-order valence-electron chi connectivity index (χ4n) is 4.58. The van der Waals surface area contributed by atoms with Crippen LogP contribution in [0.4, 0.5) is 5.69 Å². The van der Waals surface area contributed by atoms with Gasteiger partial charge in [-0.2, -0.15) is 0 Å². The number of pyridine rings is 1. The van der Waals surface area contributed by atoms with Gasteiger partial charge in [0.2, 0.25) is 0 Å². The van der Waals surface area contributed by atoms with E-state index in [1.54, 1.807) is 0 Å². The molecule has 4 heterocycles. The minimum absolute atomic E-state index is 0.00519. The highest BCUT2D eigenvalue weighted by Crippen LogP contribution is 2.41. The van der Waals surface area contributed by atoms with Crippen molar-refractivity contribution in [3.05, 3.63) is 83.9 Å². The SMILES string of the molecule is Cc1cccc(N2C(=S)N[C@@H](c3ccccn3)[C@H]2c2cccn2C[C@@H]2CCCO2)c1.